The molecule has 0 aliphatic carbocycles. The highest BCUT2D eigenvalue weighted by Gasteiger charge is 2.36. The zero-order valence-corrected chi connectivity index (χ0v) is 20.7. The van der Waals surface area contributed by atoms with Crippen LogP contribution < -0.4 is 15.1 Å². The fourth-order valence-electron chi connectivity index (χ4n) is 5.90. The molecule has 2 aromatic heterocycles. The highest BCUT2D eigenvalue weighted by Crippen LogP contribution is 2.38. The van der Waals surface area contributed by atoms with Crippen molar-refractivity contribution >= 4 is 39.9 Å². The second-order valence-electron chi connectivity index (χ2n) is 10.1. The monoisotopic (exact) mass is 503 g/mol. The lowest BCUT2D eigenvalue weighted by Crippen LogP contribution is -2.63. The summed E-state index contributed by atoms with van der Waals surface area (Å²) in [7, 11) is 2.02. The summed E-state index contributed by atoms with van der Waals surface area (Å²) < 4.78 is 2.11. The van der Waals surface area contributed by atoms with Gasteiger partial charge in [-0.15, -0.1) is 0 Å². The predicted octanol–water partition coefficient (Wildman–Crippen LogP) is 2.01. The van der Waals surface area contributed by atoms with Crippen molar-refractivity contribution in [3.63, 3.8) is 0 Å². The van der Waals surface area contributed by atoms with E-state index in [1.807, 2.05) is 13.2 Å². The van der Waals surface area contributed by atoms with Gasteiger partial charge in [-0.1, -0.05) is 12.1 Å². The minimum atomic E-state index is -0.476. The first-order chi connectivity index (χ1) is 17.9. The van der Waals surface area contributed by atoms with Gasteiger partial charge in [0.15, 0.2) is 6.20 Å². The molecule has 1 unspecified atom stereocenters. The average Bonchev–Trinajstić information content (AvgIpc) is 3.20. The number of para-hydroxylation sites is 1. The van der Waals surface area contributed by atoms with Gasteiger partial charge < -0.3 is 24.5 Å². The van der Waals surface area contributed by atoms with Crippen LogP contribution in [0.15, 0.2) is 42.7 Å². The van der Waals surface area contributed by atoms with E-state index >= 15 is 0 Å². The highest BCUT2D eigenvalue weighted by molar-refractivity contribution is 6.04. The number of nitro groups is 1. The number of amides is 2. The van der Waals surface area contributed by atoms with E-state index in [0.717, 1.165) is 61.4 Å². The molecule has 3 aliphatic heterocycles. The number of aromatic nitrogens is 2. The number of benzene rings is 1. The molecule has 1 atom stereocenters. The molecular weight excluding hydrogens is 474 g/mol. The van der Waals surface area contributed by atoms with Crippen molar-refractivity contribution < 1.29 is 14.5 Å². The second kappa shape index (κ2) is 9.15. The number of pyridine rings is 1. The molecule has 3 aliphatic rings. The maximum absolute atomic E-state index is 12.5. The van der Waals surface area contributed by atoms with Crippen LogP contribution in [-0.2, 0) is 16.6 Å². The molecule has 192 valence electrons. The van der Waals surface area contributed by atoms with Crippen LogP contribution >= 0.6 is 0 Å². The number of nitrogens with one attached hydrogen (secondary N) is 1. The fraction of sp³-hybridized carbons (Fsp3) is 0.423. The van der Waals surface area contributed by atoms with Crippen LogP contribution in [0.5, 0.6) is 0 Å². The molecule has 37 heavy (non-hydrogen) atoms. The van der Waals surface area contributed by atoms with Crippen LogP contribution in [0.25, 0.3) is 10.9 Å². The fourth-order valence-corrected chi connectivity index (χ4v) is 5.90. The molecule has 0 bridgehead atoms. The van der Waals surface area contributed by atoms with E-state index in [0.29, 0.717) is 18.9 Å². The Balaban J connectivity index is 1.11. The minimum Gasteiger partial charge on any atom is -0.367 e. The van der Waals surface area contributed by atoms with E-state index < -0.39 is 4.92 Å². The van der Waals surface area contributed by atoms with E-state index in [9.17, 15) is 19.7 Å². The van der Waals surface area contributed by atoms with E-state index in [-0.39, 0.29) is 23.6 Å². The van der Waals surface area contributed by atoms with Crippen LogP contribution in [0.3, 0.4) is 0 Å². The van der Waals surface area contributed by atoms with Crippen molar-refractivity contribution in [1.82, 2.24) is 19.8 Å². The summed E-state index contributed by atoms with van der Waals surface area (Å²) in [4.78, 5) is 45.6. The van der Waals surface area contributed by atoms with E-state index in [4.69, 9.17) is 0 Å². The van der Waals surface area contributed by atoms with Crippen molar-refractivity contribution in [2.24, 2.45) is 7.05 Å². The molecule has 3 fully saturated rings. The maximum atomic E-state index is 12.5. The first-order valence-corrected chi connectivity index (χ1v) is 12.6. The molecule has 3 saturated heterocycles. The Labute approximate surface area is 213 Å². The lowest BCUT2D eigenvalue weighted by molar-refractivity contribution is -0.389. The maximum Gasteiger partial charge on any atom is 0.363 e. The van der Waals surface area contributed by atoms with Crippen molar-refractivity contribution in [3.8, 4) is 0 Å². The lowest BCUT2D eigenvalue weighted by atomic mass is 9.90. The van der Waals surface area contributed by atoms with Gasteiger partial charge in [-0.2, -0.15) is 0 Å². The molecule has 11 nitrogen and oxygen atoms in total. The van der Waals surface area contributed by atoms with Crippen LogP contribution in [-0.4, -0.2) is 76.5 Å². The number of imide groups is 1. The molecule has 0 spiro atoms. The summed E-state index contributed by atoms with van der Waals surface area (Å²) in [6.07, 6.45) is 4.54. The summed E-state index contributed by atoms with van der Waals surface area (Å²) in [6, 6.07) is 9.98. The Bertz CT molecular complexity index is 1370. The molecular formula is C26H29N7O4. The molecule has 5 heterocycles. The standard InChI is InChI=1S/C26H29N7O4/c1-29-16-21(20-6-8-24(34)28-26(20)35)19-3-2-4-22(25(19)29)32-14-18(15-32)31-11-9-30(10-12-31)17-5-7-23(27-13-17)33(36)37/h2-5,7,13,16,18,20H,6,8-12,14-15H2,1H3,(H,28,34,35). The third kappa shape index (κ3) is 4.18. The highest BCUT2D eigenvalue weighted by atomic mass is 16.6. The molecule has 6 rings (SSSR count). The Morgan fingerprint density at radius 3 is 2.51 bits per heavy atom. The normalized spacial score (nSPS) is 21.3. The SMILES string of the molecule is Cn1cc(C2CCC(=O)NC2=O)c2cccc(N3CC(N4CCN(c5ccc([N+](=O)[O-])nc5)CC4)C3)c21. The molecule has 1 aromatic carbocycles. The van der Waals surface area contributed by atoms with Crippen LogP contribution in [0, 0.1) is 10.1 Å². The number of carbonyl (C=O) groups excluding carboxylic acids is 2. The zero-order valence-electron chi connectivity index (χ0n) is 20.7. The number of piperazine rings is 1. The van der Waals surface area contributed by atoms with E-state index in [2.05, 4.69) is 47.8 Å². The number of hydrogen-bond acceptors (Lipinski definition) is 8. The zero-order chi connectivity index (χ0) is 25.7. The van der Waals surface area contributed by atoms with Crippen LogP contribution in [0.2, 0.25) is 0 Å². The molecule has 3 aromatic rings. The van der Waals surface area contributed by atoms with Crippen molar-refractivity contribution in [2.45, 2.75) is 24.8 Å². The van der Waals surface area contributed by atoms with Gasteiger partial charge in [-0.3, -0.25) is 19.8 Å². The molecule has 1 N–H and O–H groups in total. The summed E-state index contributed by atoms with van der Waals surface area (Å²) in [5, 5.41) is 14.4. The number of aryl methyl sites for hydroxylation is 1. The first-order valence-electron chi connectivity index (χ1n) is 12.6. The van der Waals surface area contributed by atoms with Gasteiger partial charge in [0.25, 0.3) is 0 Å². The molecule has 0 saturated carbocycles. The molecule has 11 heteroatoms. The topological polar surface area (TPSA) is 117 Å². The van der Waals surface area contributed by atoms with Crippen molar-refractivity contribution in [2.75, 3.05) is 49.1 Å². The summed E-state index contributed by atoms with van der Waals surface area (Å²) >= 11 is 0. The van der Waals surface area contributed by atoms with Gasteiger partial charge in [-0.25, -0.2) is 0 Å². The lowest BCUT2D eigenvalue weighted by Gasteiger charge is -2.49. The average molecular weight is 504 g/mol. The number of anilines is 2. The Kier molecular flexibility index (Phi) is 5.79. The van der Waals surface area contributed by atoms with Gasteiger partial charge in [0.05, 0.1) is 22.8 Å². The second-order valence-corrected chi connectivity index (χ2v) is 10.1. The van der Waals surface area contributed by atoms with Crippen molar-refractivity contribution in [1.29, 1.82) is 0 Å². The van der Waals surface area contributed by atoms with Crippen LogP contribution in [0.1, 0.15) is 24.3 Å². The van der Waals surface area contributed by atoms with Gasteiger partial charge in [0.1, 0.15) is 0 Å². The third-order valence-corrected chi connectivity index (χ3v) is 7.94. The van der Waals surface area contributed by atoms with E-state index in [1.165, 1.54) is 11.8 Å². The number of piperidine rings is 1. The number of carbonyl (C=O) groups is 2. The molecule has 2 amide bonds. The third-order valence-electron chi connectivity index (χ3n) is 7.94. The largest absolute Gasteiger partial charge is 0.367 e. The van der Waals surface area contributed by atoms with Gasteiger partial charge in [0.2, 0.25) is 11.8 Å². The smallest absolute Gasteiger partial charge is 0.363 e. The molecule has 0 radical (unpaired) electrons. The Hall–Kier alpha value is -3.99. The number of fused-ring (bicyclic) bond motifs is 1. The van der Waals surface area contributed by atoms with Gasteiger partial charge in [-0.05, 0) is 34.0 Å². The van der Waals surface area contributed by atoms with Crippen LogP contribution in [0.4, 0.5) is 17.2 Å². The number of rotatable bonds is 5. The summed E-state index contributed by atoms with van der Waals surface area (Å²) in [5.74, 6) is -0.835. The minimum absolute atomic E-state index is 0.130. The van der Waals surface area contributed by atoms with Gasteiger partial charge >= 0.3 is 5.82 Å². The quantitative estimate of drug-likeness (QED) is 0.319. The number of nitrogens with zero attached hydrogens (tertiary/aromatic N) is 6. The number of hydrogen-bond donors (Lipinski definition) is 1. The summed E-state index contributed by atoms with van der Waals surface area (Å²) in [6.45, 7) is 5.47. The Morgan fingerprint density at radius 1 is 1.05 bits per heavy atom. The van der Waals surface area contributed by atoms with Crippen molar-refractivity contribution in [3.05, 3.63) is 58.4 Å². The van der Waals surface area contributed by atoms with E-state index in [1.54, 1.807) is 12.3 Å². The predicted molar refractivity (Wildman–Crippen MR) is 139 cm³/mol. The first kappa shape index (κ1) is 23.4. The Morgan fingerprint density at radius 2 is 1.84 bits per heavy atom. The summed E-state index contributed by atoms with van der Waals surface area (Å²) in [5.41, 5.74) is 4.20. The van der Waals surface area contributed by atoms with Gasteiger partial charge in [0, 0.05) is 76.4 Å².